The lowest BCUT2D eigenvalue weighted by atomic mass is 10.1. The van der Waals surface area contributed by atoms with Crippen molar-refractivity contribution >= 4 is 0 Å². The summed E-state index contributed by atoms with van der Waals surface area (Å²) in [4.78, 5) is 0. The van der Waals surface area contributed by atoms with E-state index >= 15 is 0 Å². The largest absolute Gasteiger partial charge is 0.325 e. The van der Waals surface area contributed by atoms with Crippen molar-refractivity contribution in [2.45, 2.75) is 32.2 Å². The van der Waals surface area contributed by atoms with Crippen LogP contribution >= 0.6 is 0 Å². The highest BCUT2D eigenvalue weighted by molar-refractivity contribution is 4.56. The third-order valence-electron chi connectivity index (χ3n) is 1.13. The molecule has 50 valence electrons. The van der Waals surface area contributed by atoms with E-state index in [0.717, 1.165) is 19.3 Å². The lowest BCUT2D eigenvalue weighted by molar-refractivity contribution is 0.406. The summed E-state index contributed by atoms with van der Waals surface area (Å²) >= 11 is 0. The lowest BCUT2D eigenvalue weighted by Gasteiger charge is -2.02. The Morgan fingerprint density at radius 2 is 2.25 bits per heavy atom. The molecule has 2 N–H and O–H groups in total. The summed E-state index contributed by atoms with van der Waals surface area (Å²) in [5.74, 6) is 0. The standard InChI is InChI=1S/C6H14FN/c1-2-3-4-6(8)5-7/h6H,2-5,8H2,1H3. The van der Waals surface area contributed by atoms with E-state index in [2.05, 4.69) is 6.92 Å². The lowest BCUT2D eigenvalue weighted by Crippen LogP contribution is -2.21. The minimum Gasteiger partial charge on any atom is -0.325 e. The van der Waals surface area contributed by atoms with Crippen molar-refractivity contribution < 1.29 is 4.39 Å². The van der Waals surface area contributed by atoms with E-state index in [1.807, 2.05) is 0 Å². The Labute approximate surface area is 50.1 Å². The molecule has 1 nitrogen and oxygen atoms in total. The van der Waals surface area contributed by atoms with Gasteiger partial charge in [0.1, 0.15) is 6.67 Å². The van der Waals surface area contributed by atoms with Crippen molar-refractivity contribution in [2.24, 2.45) is 5.73 Å². The van der Waals surface area contributed by atoms with Crippen LogP contribution in [-0.2, 0) is 0 Å². The van der Waals surface area contributed by atoms with Gasteiger partial charge in [-0.2, -0.15) is 0 Å². The number of unbranched alkanes of at least 4 members (excludes halogenated alkanes) is 1. The molecule has 0 saturated carbocycles. The van der Waals surface area contributed by atoms with E-state index in [1.54, 1.807) is 0 Å². The summed E-state index contributed by atoms with van der Waals surface area (Å²) in [6.07, 6.45) is 2.98. The molecule has 0 radical (unpaired) electrons. The van der Waals surface area contributed by atoms with Gasteiger partial charge in [0.05, 0.1) is 0 Å². The Kier molecular flexibility index (Phi) is 4.97. The average Bonchev–Trinajstić information content (AvgIpc) is 1.83. The van der Waals surface area contributed by atoms with Crippen molar-refractivity contribution in [3.05, 3.63) is 0 Å². The van der Waals surface area contributed by atoms with Gasteiger partial charge < -0.3 is 5.73 Å². The van der Waals surface area contributed by atoms with E-state index in [4.69, 9.17) is 5.73 Å². The first-order valence-electron chi connectivity index (χ1n) is 3.12. The maximum Gasteiger partial charge on any atom is 0.104 e. The van der Waals surface area contributed by atoms with Gasteiger partial charge >= 0.3 is 0 Å². The summed E-state index contributed by atoms with van der Waals surface area (Å²) in [6.45, 7) is 1.70. The summed E-state index contributed by atoms with van der Waals surface area (Å²) < 4.78 is 11.6. The first-order valence-corrected chi connectivity index (χ1v) is 3.12. The molecule has 1 unspecified atom stereocenters. The molecular formula is C6H14FN. The smallest absolute Gasteiger partial charge is 0.104 e. The zero-order valence-corrected chi connectivity index (χ0v) is 5.36. The fourth-order valence-electron chi connectivity index (χ4n) is 0.543. The fourth-order valence-corrected chi connectivity index (χ4v) is 0.543. The molecule has 0 rings (SSSR count). The number of nitrogens with two attached hydrogens (primary N) is 1. The van der Waals surface area contributed by atoms with Crippen LogP contribution in [-0.4, -0.2) is 12.7 Å². The molecule has 0 heterocycles. The van der Waals surface area contributed by atoms with E-state index in [0.29, 0.717) is 0 Å². The van der Waals surface area contributed by atoms with E-state index in [1.165, 1.54) is 0 Å². The minimum atomic E-state index is -0.375. The second-order valence-corrected chi connectivity index (χ2v) is 2.06. The predicted molar refractivity (Wildman–Crippen MR) is 33.5 cm³/mol. The first-order chi connectivity index (χ1) is 3.81. The SMILES string of the molecule is CCCCC(N)CF. The molecule has 0 aliphatic heterocycles. The molecule has 0 bridgehead atoms. The molecule has 0 aliphatic carbocycles. The van der Waals surface area contributed by atoms with Crippen LogP contribution in [0.4, 0.5) is 4.39 Å². The molecule has 1 atom stereocenters. The van der Waals surface area contributed by atoms with Crippen molar-refractivity contribution in [3.8, 4) is 0 Å². The van der Waals surface area contributed by atoms with Gasteiger partial charge in [0.15, 0.2) is 0 Å². The van der Waals surface area contributed by atoms with Gasteiger partial charge in [-0.05, 0) is 6.42 Å². The van der Waals surface area contributed by atoms with Crippen LogP contribution < -0.4 is 5.73 Å². The molecule has 0 fully saturated rings. The normalized spacial score (nSPS) is 13.9. The Bertz CT molecular complexity index is 47.8. The van der Waals surface area contributed by atoms with E-state index in [-0.39, 0.29) is 12.7 Å². The second-order valence-electron chi connectivity index (χ2n) is 2.06. The van der Waals surface area contributed by atoms with Gasteiger partial charge in [0, 0.05) is 6.04 Å². The molecule has 0 aromatic heterocycles. The molecule has 0 spiro atoms. The summed E-state index contributed by atoms with van der Waals surface area (Å²) in [6, 6.07) is -0.213. The van der Waals surface area contributed by atoms with Crippen molar-refractivity contribution in [1.82, 2.24) is 0 Å². The quantitative estimate of drug-likeness (QED) is 0.596. The third kappa shape index (κ3) is 4.06. The van der Waals surface area contributed by atoms with Crippen LogP contribution in [0.3, 0.4) is 0 Å². The third-order valence-corrected chi connectivity index (χ3v) is 1.13. The zero-order chi connectivity index (χ0) is 6.41. The Hall–Kier alpha value is -0.110. The molecular weight excluding hydrogens is 105 g/mol. The summed E-state index contributed by atoms with van der Waals surface area (Å²) in [5, 5.41) is 0. The summed E-state index contributed by atoms with van der Waals surface area (Å²) in [5.41, 5.74) is 5.28. The Balaban J connectivity index is 2.86. The minimum absolute atomic E-state index is 0.213. The number of alkyl halides is 1. The Morgan fingerprint density at radius 3 is 2.62 bits per heavy atom. The maximum atomic E-state index is 11.6. The zero-order valence-electron chi connectivity index (χ0n) is 5.36. The predicted octanol–water partition coefficient (Wildman–Crippen LogP) is 1.47. The van der Waals surface area contributed by atoms with Gasteiger partial charge in [-0.25, -0.2) is 4.39 Å². The van der Waals surface area contributed by atoms with Crippen molar-refractivity contribution in [1.29, 1.82) is 0 Å². The second kappa shape index (κ2) is 5.04. The van der Waals surface area contributed by atoms with Crippen LogP contribution in [0, 0.1) is 0 Å². The Morgan fingerprint density at radius 1 is 1.62 bits per heavy atom. The fraction of sp³-hybridized carbons (Fsp3) is 1.00. The van der Waals surface area contributed by atoms with Gasteiger partial charge in [-0.15, -0.1) is 0 Å². The van der Waals surface area contributed by atoms with Crippen LogP contribution in [0.25, 0.3) is 0 Å². The number of hydrogen-bond donors (Lipinski definition) is 1. The van der Waals surface area contributed by atoms with E-state index in [9.17, 15) is 4.39 Å². The van der Waals surface area contributed by atoms with Gasteiger partial charge in [-0.1, -0.05) is 19.8 Å². The van der Waals surface area contributed by atoms with Crippen LogP contribution in [0.1, 0.15) is 26.2 Å². The highest BCUT2D eigenvalue weighted by atomic mass is 19.1. The summed E-state index contributed by atoms with van der Waals surface area (Å²) in [7, 11) is 0. The first kappa shape index (κ1) is 7.89. The highest BCUT2D eigenvalue weighted by Crippen LogP contribution is 1.97. The van der Waals surface area contributed by atoms with E-state index < -0.39 is 0 Å². The average molecular weight is 119 g/mol. The van der Waals surface area contributed by atoms with Gasteiger partial charge in [0.2, 0.25) is 0 Å². The molecule has 0 aromatic rings. The monoisotopic (exact) mass is 119 g/mol. The highest BCUT2D eigenvalue weighted by Gasteiger charge is 1.97. The van der Waals surface area contributed by atoms with Crippen LogP contribution in [0.5, 0.6) is 0 Å². The molecule has 0 aromatic carbocycles. The molecule has 0 aliphatic rings. The molecule has 0 saturated heterocycles. The molecule has 2 heteroatoms. The van der Waals surface area contributed by atoms with Crippen LogP contribution in [0.2, 0.25) is 0 Å². The van der Waals surface area contributed by atoms with Crippen LogP contribution in [0.15, 0.2) is 0 Å². The topological polar surface area (TPSA) is 26.0 Å². The van der Waals surface area contributed by atoms with Gasteiger partial charge in [0.25, 0.3) is 0 Å². The van der Waals surface area contributed by atoms with Gasteiger partial charge in [-0.3, -0.25) is 0 Å². The van der Waals surface area contributed by atoms with Crippen molar-refractivity contribution in [2.75, 3.05) is 6.67 Å². The number of rotatable bonds is 4. The molecule has 8 heavy (non-hydrogen) atoms. The van der Waals surface area contributed by atoms with Crippen molar-refractivity contribution in [3.63, 3.8) is 0 Å². The number of hydrogen-bond acceptors (Lipinski definition) is 1. The maximum absolute atomic E-state index is 11.6. The molecule has 0 amide bonds. The number of halogens is 1.